The number of nitrogens with zero attached hydrogens (tertiary/aromatic N) is 1. The number of anilines is 1. The van der Waals surface area contributed by atoms with E-state index in [1.54, 1.807) is 36.4 Å². The molecule has 7 nitrogen and oxygen atoms in total. The number of carbonyl (C=O) groups is 1. The van der Waals surface area contributed by atoms with Gasteiger partial charge in [0.1, 0.15) is 11.3 Å². The summed E-state index contributed by atoms with van der Waals surface area (Å²) in [6.07, 6.45) is 1.12. The highest BCUT2D eigenvalue weighted by molar-refractivity contribution is 6.03. The van der Waals surface area contributed by atoms with Crippen LogP contribution in [-0.2, 0) is 0 Å². The van der Waals surface area contributed by atoms with Crippen LogP contribution >= 0.6 is 0 Å². The molecule has 2 N–H and O–H groups in total. The maximum atomic E-state index is 12.8. The molecule has 3 aromatic rings. The molecule has 0 bridgehead atoms. The summed E-state index contributed by atoms with van der Waals surface area (Å²) in [4.78, 5) is 40.0. The lowest BCUT2D eigenvalue weighted by Gasteiger charge is -2.10. The van der Waals surface area contributed by atoms with E-state index < -0.39 is 17.2 Å². The van der Waals surface area contributed by atoms with E-state index >= 15 is 0 Å². The number of benzene rings is 2. The molecule has 0 spiro atoms. The highest BCUT2D eigenvalue weighted by Crippen LogP contribution is 2.17. The molecular weight excluding hydrogens is 346 g/mol. The normalized spacial score (nSPS) is 10.5. The van der Waals surface area contributed by atoms with Crippen molar-refractivity contribution in [2.45, 2.75) is 13.8 Å². The quantitative estimate of drug-likeness (QED) is 0.742. The predicted molar refractivity (Wildman–Crippen MR) is 103 cm³/mol. The Morgan fingerprint density at radius 1 is 1.07 bits per heavy atom. The minimum Gasteiger partial charge on any atom is -0.497 e. The van der Waals surface area contributed by atoms with Gasteiger partial charge < -0.3 is 15.0 Å². The Balaban J connectivity index is 2.02. The van der Waals surface area contributed by atoms with E-state index in [2.05, 4.69) is 10.3 Å². The Morgan fingerprint density at radius 3 is 2.56 bits per heavy atom. The minimum atomic E-state index is -0.692. The minimum absolute atomic E-state index is 0.171. The molecule has 0 aliphatic rings. The van der Waals surface area contributed by atoms with Gasteiger partial charge in [0.15, 0.2) is 0 Å². The maximum Gasteiger partial charge on any atom is 0.333 e. The number of ether oxygens (including phenoxy) is 1. The lowest BCUT2D eigenvalue weighted by molar-refractivity contribution is 0.102. The zero-order valence-electron chi connectivity index (χ0n) is 15.2. The summed E-state index contributed by atoms with van der Waals surface area (Å²) >= 11 is 0. The van der Waals surface area contributed by atoms with Gasteiger partial charge in [0.2, 0.25) is 0 Å². The molecule has 1 amide bonds. The molecule has 2 aromatic carbocycles. The van der Waals surface area contributed by atoms with Gasteiger partial charge in [-0.05, 0) is 49.2 Å². The van der Waals surface area contributed by atoms with Crippen molar-refractivity contribution in [3.05, 3.63) is 86.2 Å². The Kier molecular flexibility index (Phi) is 4.94. The number of aromatic nitrogens is 2. The van der Waals surface area contributed by atoms with E-state index in [-0.39, 0.29) is 5.56 Å². The highest BCUT2D eigenvalue weighted by Gasteiger charge is 2.16. The van der Waals surface area contributed by atoms with Gasteiger partial charge in [-0.15, -0.1) is 0 Å². The van der Waals surface area contributed by atoms with Crippen molar-refractivity contribution in [3.63, 3.8) is 0 Å². The molecule has 0 saturated heterocycles. The van der Waals surface area contributed by atoms with E-state index in [9.17, 15) is 14.4 Å². The first-order valence-electron chi connectivity index (χ1n) is 8.28. The van der Waals surface area contributed by atoms with Gasteiger partial charge in [-0.1, -0.05) is 12.1 Å². The fourth-order valence-corrected chi connectivity index (χ4v) is 2.63. The molecule has 0 saturated carbocycles. The third-order valence-corrected chi connectivity index (χ3v) is 4.30. The van der Waals surface area contributed by atoms with Gasteiger partial charge in [-0.3, -0.25) is 9.59 Å². The predicted octanol–water partition coefficient (Wildman–Crippen LogP) is 2.40. The average molecular weight is 365 g/mol. The third-order valence-electron chi connectivity index (χ3n) is 4.30. The van der Waals surface area contributed by atoms with Crippen LogP contribution in [0.25, 0.3) is 5.69 Å². The van der Waals surface area contributed by atoms with Gasteiger partial charge in [0, 0.05) is 18.0 Å². The summed E-state index contributed by atoms with van der Waals surface area (Å²) in [5.41, 5.74) is 1.38. The van der Waals surface area contributed by atoms with Gasteiger partial charge in [-0.25, -0.2) is 9.36 Å². The molecule has 0 radical (unpaired) electrons. The van der Waals surface area contributed by atoms with Crippen LogP contribution in [0.2, 0.25) is 0 Å². The maximum absolute atomic E-state index is 12.8. The van der Waals surface area contributed by atoms with Crippen LogP contribution in [0.1, 0.15) is 21.5 Å². The van der Waals surface area contributed by atoms with Crippen LogP contribution in [-0.4, -0.2) is 22.6 Å². The molecule has 0 fully saturated rings. The highest BCUT2D eigenvalue weighted by atomic mass is 16.5. The Hall–Kier alpha value is -3.61. The van der Waals surface area contributed by atoms with Gasteiger partial charge >= 0.3 is 5.69 Å². The molecule has 0 unspecified atom stereocenters. The number of amides is 1. The lowest BCUT2D eigenvalue weighted by Crippen LogP contribution is -2.38. The van der Waals surface area contributed by atoms with Crippen molar-refractivity contribution in [2.75, 3.05) is 12.4 Å². The molecule has 7 heteroatoms. The number of aromatic amines is 1. The summed E-state index contributed by atoms with van der Waals surface area (Å²) in [7, 11) is 1.52. The summed E-state index contributed by atoms with van der Waals surface area (Å²) in [5, 5.41) is 2.64. The van der Waals surface area contributed by atoms with E-state index in [0.29, 0.717) is 17.1 Å². The molecule has 0 aliphatic heterocycles. The zero-order valence-corrected chi connectivity index (χ0v) is 15.2. The SMILES string of the molecule is COc1cccc(NC(=O)c2c[nH]c(=O)n(-c3ccc(C)c(C)c3)c2=O)c1. The van der Waals surface area contributed by atoms with Gasteiger partial charge in [0.25, 0.3) is 11.5 Å². The molecule has 1 heterocycles. The zero-order chi connectivity index (χ0) is 19.6. The molecule has 1 aromatic heterocycles. The average Bonchev–Trinajstić information content (AvgIpc) is 2.64. The molecule has 0 atom stereocenters. The van der Waals surface area contributed by atoms with E-state index in [1.165, 1.54) is 7.11 Å². The Bertz CT molecular complexity index is 1130. The smallest absolute Gasteiger partial charge is 0.333 e. The Labute approximate surface area is 155 Å². The fraction of sp³-hybridized carbons (Fsp3) is 0.150. The standard InChI is InChI=1S/C20H19N3O4/c1-12-7-8-15(9-13(12)2)23-19(25)17(11-21-20(23)26)18(24)22-14-5-4-6-16(10-14)27-3/h4-11H,1-3H3,(H,21,26)(H,22,24). The molecule has 0 aliphatic carbocycles. The van der Waals surface area contributed by atoms with Crippen molar-refractivity contribution < 1.29 is 9.53 Å². The van der Waals surface area contributed by atoms with Crippen LogP contribution in [0.3, 0.4) is 0 Å². The molecule has 3 rings (SSSR count). The third kappa shape index (κ3) is 3.67. The van der Waals surface area contributed by atoms with Crippen molar-refractivity contribution in [1.82, 2.24) is 9.55 Å². The van der Waals surface area contributed by atoms with Crippen molar-refractivity contribution in [3.8, 4) is 11.4 Å². The second kappa shape index (κ2) is 7.33. The van der Waals surface area contributed by atoms with E-state index in [0.717, 1.165) is 21.9 Å². The largest absolute Gasteiger partial charge is 0.497 e. The van der Waals surface area contributed by atoms with Gasteiger partial charge in [-0.2, -0.15) is 0 Å². The first-order valence-corrected chi connectivity index (χ1v) is 8.28. The number of hydrogen-bond donors (Lipinski definition) is 2. The number of rotatable bonds is 4. The van der Waals surface area contributed by atoms with Crippen LogP contribution < -0.4 is 21.3 Å². The van der Waals surface area contributed by atoms with E-state index in [4.69, 9.17) is 4.74 Å². The summed E-state index contributed by atoms with van der Waals surface area (Å²) in [6, 6.07) is 12.0. The van der Waals surface area contributed by atoms with Crippen LogP contribution in [0.5, 0.6) is 5.75 Å². The number of H-pyrrole nitrogens is 1. The lowest BCUT2D eigenvalue weighted by atomic mass is 10.1. The van der Waals surface area contributed by atoms with Gasteiger partial charge in [0.05, 0.1) is 12.8 Å². The first kappa shape index (κ1) is 18.2. The second-order valence-corrected chi connectivity index (χ2v) is 6.10. The summed E-state index contributed by atoms with van der Waals surface area (Å²) < 4.78 is 6.07. The van der Waals surface area contributed by atoms with Crippen LogP contribution in [0, 0.1) is 13.8 Å². The van der Waals surface area contributed by atoms with E-state index in [1.807, 2.05) is 19.9 Å². The number of hydrogen-bond acceptors (Lipinski definition) is 4. The van der Waals surface area contributed by atoms with Crippen molar-refractivity contribution in [1.29, 1.82) is 0 Å². The molecule has 27 heavy (non-hydrogen) atoms. The Morgan fingerprint density at radius 2 is 1.85 bits per heavy atom. The number of methoxy groups -OCH3 is 1. The van der Waals surface area contributed by atoms with Crippen LogP contribution in [0.4, 0.5) is 5.69 Å². The second-order valence-electron chi connectivity index (χ2n) is 6.10. The number of nitrogens with one attached hydrogen (secondary N) is 2. The number of aryl methyl sites for hydroxylation is 2. The molecule has 138 valence electrons. The fourth-order valence-electron chi connectivity index (χ4n) is 2.63. The van der Waals surface area contributed by atoms with Crippen molar-refractivity contribution >= 4 is 11.6 Å². The van der Waals surface area contributed by atoms with Crippen molar-refractivity contribution in [2.24, 2.45) is 0 Å². The number of carbonyl (C=O) groups excluding carboxylic acids is 1. The first-order chi connectivity index (χ1) is 12.9. The van der Waals surface area contributed by atoms with Crippen LogP contribution in [0.15, 0.2) is 58.3 Å². The monoisotopic (exact) mass is 365 g/mol. The summed E-state index contributed by atoms with van der Waals surface area (Å²) in [6.45, 7) is 3.82. The summed E-state index contributed by atoms with van der Waals surface area (Å²) in [5.74, 6) is -0.0519. The topological polar surface area (TPSA) is 93.2 Å². The molecular formula is C20H19N3O4.